The van der Waals surface area contributed by atoms with E-state index < -0.39 is 0 Å². The third kappa shape index (κ3) is 6.16. The third-order valence-corrected chi connectivity index (χ3v) is 10.2. The highest BCUT2D eigenvalue weighted by Gasteiger charge is 2.17. The molecule has 0 aliphatic rings. The molecule has 0 spiro atoms. The topological polar surface area (TPSA) is 51.8 Å². The van der Waals surface area contributed by atoms with Crippen molar-refractivity contribution in [2.75, 3.05) is 0 Å². The Hall–Kier alpha value is -7.43. The highest BCUT2D eigenvalue weighted by Crippen LogP contribution is 2.38. The third-order valence-electron chi connectivity index (χ3n) is 10.2. The first-order chi connectivity index (χ1) is 27.2. The summed E-state index contributed by atoms with van der Waals surface area (Å²) in [6.07, 6.45) is 0. The van der Waals surface area contributed by atoms with Crippen molar-refractivity contribution in [1.29, 1.82) is 0 Å². The maximum atomic E-state index is 6.17. The van der Waals surface area contributed by atoms with Crippen LogP contribution in [0.3, 0.4) is 0 Å². The summed E-state index contributed by atoms with van der Waals surface area (Å²) in [4.78, 5) is 15.5. The Morgan fingerprint density at radius 3 is 1.40 bits per heavy atom. The number of hydrogen-bond donors (Lipinski definition) is 0. The molecule has 10 aromatic rings. The minimum Gasteiger partial charge on any atom is -0.456 e. The van der Waals surface area contributed by atoms with Gasteiger partial charge in [0.15, 0.2) is 17.5 Å². The average molecular weight is 704 g/mol. The lowest BCUT2D eigenvalue weighted by atomic mass is 9.96. The summed E-state index contributed by atoms with van der Waals surface area (Å²) >= 11 is 0. The van der Waals surface area contributed by atoms with Crippen molar-refractivity contribution in [1.82, 2.24) is 15.0 Å². The Kier molecular flexibility index (Phi) is 8.12. The van der Waals surface area contributed by atoms with E-state index in [0.717, 1.165) is 83.1 Å². The molecule has 0 aliphatic heterocycles. The molecule has 4 heteroatoms. The zero-order valence-corrected chi connectivity index (χ0v) is 29.8. The molecule has 0 amide bonds. The summed E-state index contributed by atoms with van der Waals surface area (Å²) in [7, 11) is 0. The second-order valence-electron chi connectivity index (χ2n) is 13.6. The van der Waals surface area contributed by atoms with Gasteiger partial charge >= 0.3 is 0 Å². The number of nitrogens with zero attached hydrogens (tertiary/aromatic N) is 3. The first-order valence-electron chi connectivity index (χ1n) is 18.4. The van der Waals surface area contributed by atoms with E-state index in [-0.39, 0.29) is 0 Å². The van der Waals surface area contributed by atoms with Crippen LogP contribution in [-0.4, -0.2) is 15.0 Å². The van der Waals surface area contributed by atoms with Gasteiger partial charge in [-0.05, 0) is 68.8 Å². The van der Waals surface area contributed by atoms with Crippen LogP contribution in [0.15, 0.2) is 205 Å². The summed E-state index contributed by atoms with van der Waals surface area (Å²) in [5, 5.41) is 2.26. The molecule has 258 valence electrons. The van der Waals surface area contributed by atoms with Gasteiger partial charge in [0, 0.05) is 27.5 Å². The number of fused-ring (bicyclic) bond motifs is 3. The predicted octanol–water partition coefficient (Wildman–Crippen LogP) is 13.4. The van der Waals surface area contributed by atoms with Gasteiger partial charge in [-0.15, -0.1) is 0 Å². The van der Waals surface area contributed by atoms with Crippen molar-refractivity contribution in [2.24, 2.45) is 0 Å². The first-order valence-corrected chi connectivity index (χ1v) is 18.4. The molecule has 2 aromatic heterocycles. The van der Waals surface area contributed by atoms with E-state index in [1.54, 1.807) is 0 Å². The van der Waals surface area contributed by atoms with Gasteiger partial charge in [-0.1, -0.05) is 176 Å². The monoisotopic (exact) mass is 703 g/mol. The highest BCUT2D eigenvalue weighted by atomic mass is 16.3. The molecule has 4 nitrogen and oxygen atoms in total. The van der Waals surface area contributed by atoms with E-state index >= 15 is 0 Å². The molecule has 0 saturated carbocycles. The SMILES string of the molecule is c1ccc(-c2cccc(-c3nc(-c4cccc(-c5ccc(-c6cccc7oc8ccccc8c67)cc5)c4)nc(-c4ccccc4-c4ccccc4)n3)c2)cc1. The van der Waals surface area contributed by atoms with Gasteiger partial charge in [-0.3, -0.25) is 0 Å². The predicted molar refractivity (Wildman–Crippen MR) is 225 cm³/mol. The van der Waals surface area contributed by atoms with Crippen LogP contribution in [0.1, 0.15) is 0 Å². The lowest BCUT2D eigenvalue weighted by Gasteiger charge is -2.13. The number of hydrogen-bond acceptors (Lipinski definition) is 4. The summed E-state index contributed by atoms with van der Waals surface area (Å²) in [5.74, 6) is 1.86. The van der Waals surface area contributed by atoms with Gasteiger partial charge in [-0.2, -0.15) is 0 Å². The van der Waals surface area contributed by atoms with E-state index in [1.807, 2.05) is 36.4 Å². The van der Waals surface area contributed by atoms with Crippen LogP contribution >= 0.6 is 0 Å². The van der Waals surface area contributed by atoms with Gasteiger partial charge in [-0.25, -0.2) is 15.0 Å². The minimum absolute atomic E-state index is 0.616. The molecule has 0 N–H and O–H groups in total. The van der Waals surface area contributed by atoms with Crippen molar-refractivity contribution in [3.8, 4) is 78.7 Å². The summed E-state index contributed by atoms with van der Waals surface area (Å²) in [6.45, 7) is 0. The van der Waals surface area contributed by atoms with E-state index in [4.69, 9.17) is 19.4 Å². The molecule has 55 heavy (non-hydrogen) atoms. The molecule has 0 bridgehead atoms. The molecule has 0 atom stereocenters. The number of para-hydroxylation sites is 1. The van der Waals surface area contributed by atoms with E-state index in [2.05, 4.69) is 164 Å². The van der Waals surface area contributed by atoms with Crippen LogP contribution in [0.25, 0.3) is 101 Å². The van der Waals surface area contributed by atoms with Crippen molar-refractivity contribution < 1.29 is 4.42 Å². The molecular weight excluding hydrogens is 671 g/mol. The van der Waals surface area contributed by atoms with Crippen molar-refractivity contribution in [3.05, 3.63) is 200 Å². The lowest BCUT2D eigenvalue weighted by Crippen LogP contribution is -2.01. The standard InChI is InChI=1S/C51H33N3O/c1-3-14-34(15-4-1)38-18-11-20-40(32-38)49-52-50(54-51(53-49)44-23-8-7-22-42(44)36-16-5-2-6-17-36)41-21-12-19-39(33-41)35-28-30-37(31-29-35)43-25-13-27-47-48(43)45-24-9-10-26-46(45)55-47/h1-33H. The molecule has 8 aromatic carbocycles. The Labute approximate surface area is 319 Å². The van der Waals surface area contributed by atoms with Crippen LogP contribution in [0.4, 0.5) is 0 Å². The number of aromatic nitrogens is 3. The number of rotatable bonds is 7. The Morgan fingerprint density at radius 2 is 0.709 bits per heavy atom. The van der Waals surface area contributed by atoms with Crippen molar-refractivity contribution >= 4 is 21.9 Å². The molecule has 0 radical (unpaired) electrons. The average Bonchev–Trinajstić information content (AvgIpc) is 3.66. The van der Waals surface area contributed by atoms with Gasteiger partial charge in [0.05, 0.1) is 0 Å². The van der Waals surface area contributed by atoms with Crippen molar-refractivity contribution in [2.45, 2.75) is 0 Å². The van der Waals surface area contributed by atoms with Gasteiger partial charge < -0.3 is 4.42 Å². The van der Waals surface area contributed by atoms with Crippen LogP contribution in [-0.2, 0) is 0 Å². The second-order valence-corrected chi connectivity index (χ2v) is 13.6. The Bertz CT molecular complexity index is 2970. The highest BCUT2D eigenvalue weighted by molar-refractivity contribution is 6.12. The molecule has 0 aliphatic carbocycles. The fraction of sp³-hybridized carbons (Fsp3) is 0. The van der Waals surface area contributed by atoms with Crippen LogP contribution < -0.4 is 0 Å². The Morgan fingerprint density at radius 1 is 0.273 bits per heavy atom. The summed E-state index contributed by atoms with van der Waals surface area (Å²) in [6, 6.07) is 69.3. The summed E-state index contributed by atoms with van der Waals surface area (Å²) < 4.78 is 6.17. The van der Waals surface area contributed by atoms with Crippen LogP contribution in [0.5, 0.6) is 0 Å². The van der Waals surface area contributed by atoms with Gasteiger partial charge in [0.25, 0.3) is 0 Å². The van der Waals surface area contributed by atoms with E-state index in [0.29, 0.717) is 17.5 Å². The normalized spacial score (nSPS) is 11.3. The van der Waals surface area contributed by atoms with E-state index in [9.17, 15) is 0 Å². The molecule has 2 heterocycles. The fourth-order valence-electron chi connectivity index (χ4n) is 7.47. The number of benzene rings is 8. The first kappa shape index (κ1) is 32.2. The quantitative estimate of drug-likeness (QED) is 0.166. The zero-order valence-electron chi connectivity index (χ0n) is 29.8. The van der Waals surface area contributed by atoms with E-state index in [1.165, 1.54) is 0 Å². The smallest absolute Gasteiger partial charge is 0.164 e. The fourth-order valence-corrected chi connectivity index (χ4v) is 7.47. The molecule has 0 fully saturated rings. The molecular formula is C51H33N3O. The largest absolute Gasteiger partial charge is 0.456 e. The van der Waals surface area contributed by atoms with Crippen LogP contribution in [0.2, 0.25) is 0 Å². The zero-order chi connectivity index (χ0) is 36.6. The molecule has 0 saturated heterocycles. The minimum atomic E-state index is 0.616. The summed E-state index contributed by atoms with van der Waals surface area (Å²) in [5.41, 5.74) is 13.5. The maximum Gasteiger partial charge on any atom is 0.164 e. The second kappa shape index (κ2) is 13.8. The molecule has 10 rings (SSSR count). The van der Waals surface area contributed by atoms with Gasteiger partial charge in [0.2, 0.25) is 0 Å². The molecule has 0 unspecified atom stereocenters. The van der Waals surface area contributed by atoms with Crippen LogP contribution in [0, 0.1) is 0 Å². The Balaban J connectivity index is 1.07. The van der Waals surface area contributed by atoms with Crippen molar-refractivity contribution in [3.63, 3.8) is 0 Å². The number of furan rings is 1. The maximum absolute atomic E-state index is 6.17. The lowest BCUT2D eigenvalue weighted by molar-refractivity contribution is 0.669. The van der Waals surface area contributed by atoms with Gasteiger partial charge in [0.1, 0.15) is 11.2 Å².